The van der Waals surface area contributed by atoms with Crippen molar-refractivity contribution < 1.29 is 0 Å². The quantitative estimate of drug-likeness (QED) is 0.800. The van der Waals surface area contributed by atoms with Gasteiger partial charge in [0.25, 0.3) is 0 Å². The van der Waals surface area contributed by atoms with Gasteiger partial charge in [0.2, 0.25) is 0 Å². The molecule has 1 aromatic carbocycles. The molecule has 1 aromatic rings. The lowest BCUT2D eigenvalue weighted by atomic mass is 10.1. The van der Waals surface area contributed by atoms with Crippen molar-refractivity contribution in [2.24, 2.45) is 0 Å². The third-order valence-electron chi connectivity index (χ3n) is 2.92. The molecule has 1 aliphatic rings. The Kier molecular flexibility index (Phi) is 3.05. The summed E-state index contributed by atoms with van der Waals surface area (Å²) in [7, 11) is 0. The molecule has 80 valence electrons. The highest BCUT2D eigenvalue weighted by molar-refractivity contribution is 5.98. The number of amidine groups is 1. The fourth-order valence-electron chi connectivity index (χ4n) is 2.20. The van der Waals surface area contributed by atoms with E-state index in [1.807, 2.05) is 0 Å². The lowest BCUT2D eigenvalue weighted by Gasteiger charge is -2.21. The van der Waals surface area contributed by atoms with Crippen LogP contribution in [-0.4, -0.2) is 12.4 Å². The molecule has 2 heteroatoms. The van der Waals surface area contributed by atoms with Crippen LogP contribution in [0.5, 0.6) is 0 Å². The molecule has 0 amide bonds. The number of hydrogen-bond donors (Lipinski definition) is 1. The van der Waals surface area contributed by atoms with Crippen LogP contribution in [0, 0.1) is 5.41 Å². The van der Waals surface area contributed by atoms with E-state index in [1.165, 1.54) is 11.3 Å². The highest BCUT2D eigenvalue weighted by Gasteiger charge is 2.19. The molecule has 0 bridgehead atoms. The molecule has 1 fully saturated rings. The predicted octanol–water partition coefficient (Wildman–Crippen LogP) is 3.22. The van der Waals surface area contributed by atoms with E-state index in [0.717, 1.165) is 38.1 Å². The van der Waals surface area contributed by atoms with Crippen LogP contribution in [0.15, 0.2) is 24.3 Å². The van der Waals surface area contributed by atoms with Crippen LogP contribution in [-0.2, 0) is 6.42 Å². The zero-order valence-electron chi connectivity index (χ0n) is 9.29. The number of nitrogens with one attached hydrogen (secondary N) is 1. The second-order valence-corrected chi connectivity index (χ2v) is 4.08. The van der Waals surface area contributed by atoms with Crippen LogP contribution in [0.4, 0.5) is 5.69 Å². The lowest BCUT2D eigenvalue weighted by molar-refractivity contribution is 0.904. The molecule has 1 N–H and O–H groups in total. The van der Waals surface area contributed by atoms with E-state index in [0.29, 0.717) is 0 Å². The highest BCUT2D eigenvalue weighted by Crippen LogP contribution is 2.26. The number of para-hydroxylation sites is 1. The van der Waals surface area contributed by atoms with Crippen molar-refractivity contribution in [2.45, 2.75) is 32.6 Å². The van der Waals surface area contributed by atoms with Gasteiger partial charge in [0.05, 0.1) is 0 Å². The number of benzene rings is 1. The minimum atomic E-state index is 0.776. The molecule has 1 saturated heterocycles. The smallest absolute Gasteiger partial charge is 0.100 e. The van der Waals surface area contributed by atoms with E-state index in [4.69, 9.17) is 5.41 Å². The summed E-state index contributed by atoms with van der Waals surface area (Å²) >= 11 is 0. The molecule has 1 heterocycles. The molecular formula is C13H18N2. The maximum atomic E-state index is 7.90. The summed E-state index contributed by atoms with van der Waals surface area (Å²) in [4.78, 5) is 2.16. The van der Waals surface area contributed by atoms with E-state index in [9.17, 15) is 0 Å². The number of aryl methyl sites for hydroxylation is 1. The van der Waals surface area contributed by atoms with Crippen molar-refractivity contribution in [1.82, 2.24) is 0 Å². The van der Waals surface area contributed by atoms with Gasteiger partial charge in [-0.25, -0.2) is 0 Å². The minimum Gasteiger partial charge on any atom is -0.330 e. The van der Waals surface area contributed by atoms with Crippen molar-refractivity contribution in [3.63, 3.8) is 0 Å². The molecule has 0 radical (unpaired) electrons. The Morgan fingerprint density at radius 3 is 2.80 bits per heavy atom. The third kappa shape index (κ3) is 2.04. The summed E-state index contributed by atoms with van der Waals surface area (Å²) in [6, 6.07) is 8.49. The summed E-state index contributed by atoms with van der Waals surface area (Å²) in [5.41, 5.74) is 2.63. The molecule has 0 aromatic heterocycles. The van der Waals surface area contributed by atoms with Crippen molar-refractivity contribution in [3.8, 4) is 0 Å². The fourth-order valence-corrected chi connectivity index (χ4v) is 2.20. The van der Waals surface area contributed by atoms with E-state index >= 15 is 0 Å². The van der Waals surface area contributed by atoms with E-state index in [1.54, 1.807) is 0 Å². The van der Waals surface area contributed by atoms with E-state index in [2.05, 4.69) is 36.1 Å². The first-order chi connectivity index (χ1) is 7.33. The van der Waals surface area contributed by atoms with Gasteiger partial charge < -0.3 is 4.90 Å². The topological polar surface area (TPSA) is 27.1 Å². The molecule has 0 saturated carbocycles. The van der Waals surface area contributed by atoms with E-state index in [-0.39, 0.29) is 0 Å². The van der Waals surface area contributed by atoms with Gasteiger partial charge in [0, 0.05) is 18.7 Å². The van der Waals surface area contributed by atoms with Crippen molar-refractivity contribution in [2.75, 3.05) is 11.4 Å². The second-order valence-electron chi connectivity index (χ2n) is 4.08. The molecule has 0 atom stereocenters. The molecule has 2 rings (SSSR count). The van der Waals surface area contributed by atoms with Gasteiger partial charge in [-0.15, -0.1) is 0 Å². The molecule has 15 heavy (non-hydrogen) atoms. The molecule has 0 aliphatic carbocycles. The monoisotopic (exact) mass is 202 g/mol. The van der Waals surface area contributed by atoms with Crippen LogP contribution < -0.4 is 4.90 Å². The largest absolute Gasteiger partial charge is 0.330 e. The van der Waals surface area contributed by atoms with Crippen LogP contribution >= 0.6 is 0 Å². The van der Waals surface area contributed by atoms with Crippen molar-refractivity contribution in [1.29, 1.82) is 5.41 Å². The molecule has 1 aliphatic heterocycles. The van der Waals surface area contributed by atoms with Crippen LogP contribution in [0.3, 0.4) is 0 Å². The van der Waals surface area contributed by atoms with Gasteiger partial charge in [0.15, 0.2) is 0 Å². The lowest BCUT2D eigenvalue weighted by Crippen LogP contribution is -2.24. The van der Waals surface area contributed by atoms with Crippen LogP contribution in [0.25, 0.3) is 0 Å². The summed E-state index contributed by atoms with van der Waals surface area (Å²) < 4.78 is 0. The Morgan fingerprint density at radius 2 is 2.13 bits per heavy atom. The van der Waals surface area contributed by atoms with Gasteiger partial charge >= 0.3 is 0 Å². The third-order valence-corrected chi connectivity index (χ3v) is 2.92. The van der Waals surface area contributed by atoms with Gasteiger partial charge in [-0.2, -0.15) is 0 Å². The summed E-state index contributed by atoms with van der Waals surface area (Å²) in [6.07, 6.45) is 4.33. The summed E-state index contributed by atoms with van der Waals surface area (Å²) in [6.45, 7) is 3.21. The van der Waals surface area contributed by atoms with Gasteiger partial charge in [-0.1, -0.05) is 31.5 Å². The Balaban J connectivity index is 2.29. The number of nitrogens with zero attached hydrogens (tertiary/aromatic N) is 1. The summed E-state index contributed by atoms with van der Waals surface area (Å²) in [5.74, 6) is 0.776. The molecule has 0 unspecified atom stereocenters. The predicted molar refractivity (Wildman–Crippen MR) is 64.7 cm³/mol. The van der Waals surface area contributed by atoms with Gasteiger partial charge in [-0.05, 0) is 24.5 Å². The fraction of sp³-hybridized carbons (Fsp3) is 0.462. The zero-order chi connectivity index (χ0) is 10.7. The van der Waals surface area contributed by atoms with Gasteiger partial charge in [-0.3, -0.25) is 5.41 Å². The Hall–Kier alpha value is -1.31. The standard InChI is InChI=1S/C13H18N2/c1-2-6-11-7-3-4-8-12(11)15-10-5-9-13(15)14/h3-4,7-8,14H,2,5-6,9-10H2,1H3. The minimum absolute atomic E-state index is 0.776. The van der Waals surface area contributed by atoms with Crippen molar-refractivity contribution in [3.05, 3.63) is 29.8 Å². The summed E-state index contributed by atoms with van der Waals surface area (Å²) in [5, 5.41) is 7.90. The van der Waals surface area contributed by atoms with E-state index < -0.39 is 0 Å². The van der Waals surface area contributed by atoms with Crippen molar-refractivity contribution >= 4 is 11.5 Å². The SMILES string of the molecule is CCCc1ccccc1N1CCCC1=N. The normalized spacial score (nSPS) is 16.1. The second kappa shape index (κ2) is 4.47. The zero-order valence-corrected chi connectivity index (χ0v) is 9.29. The first-order valence-corrected chi connectivity index (χ1v) is 5.76. The van der Waals surface area contributed by atoms with Crippen LogP contribution in [0.2, 0.25) is 0 Å². The first-order valence-electron chi connectivity index (χ1n) is 5.76. The number of rotatable bonds is 3. The average molecular weight is 202 g/mol. The molecule has 0 spiro atoms. The highest BCUT2D eigenvalue weighted by atomic mass is 15.2. The molecule has 2 nitrogen and oxygen atoms in total. The first kappa shape index (κ1) is 10.2. The Bertz CT molecular complexity index is 357. The number of hydrogen-bond acceptors (Lipinski definition) is 1. The maximum absolute atomic E-state index is 7.90. The maximum Gasteiger partial charge on any atom is 0.100 e. The molecular weight excluding hydrogens is 184 g/mol. The Labute approximate surface area is 91.4 Å². The number of anilines is 1. The van der Waals surface area contributed by atoms with Gasteiger partial charge in [0.1, 0.15) is 5.84 Å². The Morgan fingerprint density at radius 1 is 1.33 bits per heavy atom. The average Bonchev–Trinajstić information content (AvgIpc) is 2.66. The van der Waals surface area contributed by atoms with Crippen LogP contribution in [0.1, 0.15) is 31.7 Å².